The van der Waals surface area contributed by atoms with Crippen LogP contribution in [0, 0.1) is 0 Å². The van der Waals surface area contributed by atoms with Crippen LogP contribution in [0.5, 0.6) is 0 Å². The van der Waals surface area contributed by atoms with Gasteiger partial charge in [0.1, 0.15) is 6.10 Å². The van der Waals surface area contributed by atoms with E-state index in [0.29, 0.717) is 12.2 Å². The third-order valence-corrected chi connectivity index (χ3v) is 2.33. The van der Waals surface area contributed by atoms with Crippen LogP contribution in [0.2, 0.25) is 0 Å². The van der Waals surface area contributed by atoms with Crippen molar-refractivity contribution in [2.24, 2.45) is 0 Å². The van der Waals surface area contributed by atoms with Crippen LogP contribution in [0.25, 0.3) is 0 Å². The lowest BCUT2D eigenvalue weighted by atomic mass is 10.1. The first-order valence-electron chi connectivity index (χ1n) is 5.13. The molecule has 1 rings (SSSR count). The van der Waals surface area contributed by atoms with E-state index >= 15 is 0 Å². The number of ether oxygens (including phenoxy) is 2. The van der Waals surface area contributed by atoms with Crippen LogP contribution >= 0.6 is 0 Å². The molecule has 2 unspecified atom stereocenters. The molecule has 0 N–H and O–H groups in total. The van der Waals surface area contributed by atoms with Gasteiger partial charge in [-0.05, 0) is 13.3 Å². The Balaban J connectivity index is 2.42. The normalized spacial score (nSPS) is 26.1. The van der Waals surface area contributed by atoms with Crippen LogP contribution in [-0.2, 0) is 14.3 Å². The van der Waals surface area contributed by atoms with E-state index in [9.17, 15) is 4.79 Å². The number of carbonyl (C=O) groups excluding carboxylic acids is 1. The van der Waals surface area contributed by atoms with E-state index in [0.717, 1.165) is 19.3 Å². The number of rotatable bonds is 4. The summed E-state index contributed by atoms with van der Waals surface area (Å²) in [5.74, 6) is -0.304. The van der Waals surface area contributed by atoms with Crippen LogP contribution in [0.15, 0.2) is 12.2 Å². The van der Waals surface area contributed by atoms with Gasteiger partial charge >= 0.3 is 5.97 Å². The molecule has 1 heterocycles. The van der Waals surface area contributed by atoms with E-state index in [-0.39, 0.29) is 18.2 Å². The predicted octanol–water partition coefficient (Wildman–Crippen LogP) is 2.06. The van der Waals surface area contributed by atoms with Crippen molar-refractivity contribution in [1.82, 2.24) is 0 Å². The van der Waals surface area contributed by atoms with E-state index in [1.165, 1.54) is 0 Å². The van der Waals surface area contributed by atoms with Crippen molar-refractivity contribution in [3.8, 4) is 0 Å². The number of hydrogen-bond acceptors (Lipinski definition) is 3. The van der Waals surface area contributed by atoms with Gasteiger partial charge in [-0.15, -0.1) is 0 Å². The lowest BCUT2D eigenvalue weighted by Crippen LogP contribution is -2.27. The van der Waals surface area contributed by atoms with Crippen LogP contribution in [0.4, 0.5) is 0 Å². The average molecular weight is 198 g/mol. The summed E-state index contributed by atoms with van der Waals surface area (Å²) < 4.78 is 10.8. The molecule has 1 aliphatic heterocycles. The molecule has 0 aliphatic carbocycles. The fourth-order valence-electron chi connectivity index (χ4n) is 1.56. The van der Waals surface area contributed by atoms with Crippen LogP contribution in [-0.4, -0.2) is 24.8 Å². The highest BCUT2D eigenvalue weighted by molar-refractivity contribution is 5.87. The van der Waals surface area contributed by atoms with Crippen molar-refractivity contribution >= 4 is 5.97 Å². The Kier molecular flexibility index (Phi) is 4.14. The van der Waals surface area contributed by atoms with E-state index in [1.54, 1.807) is 6.92 Å². The maximum atomic E-state index is 11.3. The molecule has 0 saturated carbocycles. The van der Waals surface area contributed by atoms with Crippen LogP contribution < -0.4 is 0 Å². The molecule has 1 aliphatic rings. The molecule has 1 saturated heterocycles. The summed E-state index contributed by atoms with van der Waals surface area (Å²) in [7, 11) is 0. The highest BCUT2D eigenvalue weighted by Gasteiger charge is 2.30. The second kappa shape index (κ2) is 5.15. The molecule has 1 fully saturated rings. The first kappa shape index (κ1) is 11.2. The van der Waals surface area contributed by atoms with Gasteiger partial charge in [0.2, 0.25) is 0 Å². The number of carbonyl (C=O) groups is 1. The fraction of sp³-hybridized carbons (Fsp3) is 0.727. The van der Waals surface area contributed by atoms with Crippen molar-refractivity contribution in [3.63, 3.8) is 0 Å². The maximum absolute atomic E-state index is 11.3. The first-order valence-corrected chi connectivity index (χ1v) is 5.13. The lowest BCUT2D eigenvalue weighted by Gasteiger charge is -2.18. The van der Waals surface area contributed by atoms with E-state index < -0.39 is 0 Å². The second-order valence-corrected chi connectivity index (χ2v) is 3.71. The van der Waals surface area contributed by atoms with Gasteiger partial charge in [0, 0.05) is 12.0 Å². The Morgan fingerprint density at radius 1 is 1.64 bits per heavy atom. The Labute approximate surface area is 85.1 Å². The van der Waals surface area contributed by atoms with Crippen LogP contribution in [0.3, 0.4) is 0 Å². The summed E-state index contributed by atoms with van der Waals surface area (Å²) in [6, 6.07) is 0. The molecular weight excluding hydrogens is 180 g/mol. The highest BCUT2D eigenvalue weighted by atomic mass is 16.6. The molecule has 0 amide bonds. The zero-order valence-corrected chi connectivity index (χ0v) is 8.91. The molecule has 2 atom stereocenters. The zero-order valence-electron chi connectivity index (χ0n) is 8.91. The van der Waals surface area contributed by atoms with Gasteiger partial charge in [-0.2, -0.15) is 0 Å². The maximum Gasteiger partial charge on any atom is 0.333 e. The smallest absolute Gasteiger partial charge is 0.333 e. The van der Waals surface area contributed by atoms with Crippen molar-refractivity contribution in [1.29, 1.82) is 0 Å². The summed E-state index contributed by atoms with van der Waals surface area (Å²) in [5, 5.41) is 0. The molecule has 0 bridgehead atoms. The molecule has 3 heteroatoms. The number of esters is 1. The molecule has 3 nitrogen and oxygen atoms in total. The Morgan fingerprint density at radius 3 is 2.93 bits per heavy atom. The Morgan fingerprint density at radius 2 is 2.36 bits per heavy atom. The molecule has 0 aromatic heterocycles. The third kappa shape index (κ3) is 2.84. The van der Waals surface area contributed by atoms with Gasteiger partial charge in [-0.3, -0.25) is 0 Å². The van der Waals surface area contributed by atoms with E-state index in [2.05, 4.69) is 13.5 Å². The Bertz CT molecular complexity index is 223. The lowest BCUT2D eigenvalue weighted by molar-refractivity contribution is -0.147. The number of hydrogen-bond donors (Lipinski definition) is 0. The molecule has 80 valence electrons. The van der Waals surface area contributed by atoms with Crippen LogP contribution in [0.1, 0.15) is 33.1 Å². The molecule has 14 heavy (non-hydrogen) atoms. The van der Waals surface area contributed by atoms with Crippen molar-refractivity contribution in [2.75, 3.05) is 6.61 Å². The van der Waals surface area contributed by atoms with E-state index in [4.69, 9.17) is 9.47 Å². The standard InChI is InChI=1S/C11H18O3/c1-4-5-9-10(6-7-13-9)14-11(12)8(2)3/h9-10H,2,4-7H2,1,3H3. The van der Waals surface area contributed by atoms with Crippen molar-refractivity contribution in [3.05, 3.63) is 12.2 Å². The third-order valence-electron chi connectivity index (χ3n) is 2.33. The summed E-state index contributed by atoms with van der Waals surface area (Å²) in [5.41, 5.74) is 0.451. The summed E-state index contributed by atoms with van der Waals surface area (Å²) in [6.07, 6.45) is 2.83. The predicted molar refractivity (Wildman–Crippen MR) is 54.0 cm³/mol. The van der Waals surface area contributed by atoms with E-state index in [1.807, 2.05) is 0 Å². The van der Waals surface area contributed by atoms with Crippen molar-refractivity contribution in [2.45, 2.75) is 45.3 Å². The quantitative estimate of drug-likeness (QED) is 0.512. The van der Waals surface area contributed by atoms with Gasteiger partial charge in [0.15, 0.2) is 0 Å². The molecular formula is C11H18O3. The topological polar surface area (TPSA) is 35.5 Å². The van der Waals surface area contributed by atoms with Crippen molar-refractivity contribution < 1.29 is 14.3 Å². The largest absolute Gasteiger partial charge is 0.456 e. The van der Waals surface area contributed by atoms with Gasteiger partial charge in [0.05, 0.1) is 12.7 Å². The molecule has 0 radical (unpaired) electrons. The molecule has 0 spiro atoms. The minimum Gasteiger partial charge on any atom is -0.456 e. The highest BCUT2D eigenvalue weighted by Crippen LogP contribution is 2.21. The van der Waals surface area contributed by atoms with Gasteiger partial charge in [-0.25, -0.2) is 4.79 Å². The molecule has 0 aromatic carbocycles. The molecule has 0 aromatic rings. The summed E-state index contributed by atoms with van der Waals surface area (Å²) in [4.78, 5) is 11.3. The summed E-state index contributed by atoms with van der Waals surface area (Å²) in [6.45, 7) is 8.00. The minimum absolute atomic E-state index is 0.0702. The average Bonchev–Trinajstić information content (AvgIpc) is 2.53. The zero-order chi connectivity index (χ0) is 10.6. The second-order valence-electron chi connectivity index (χ2n) is 3.71. The van der Waals surface area contributed by atoms with Gasteiger partial charge in [-0.1, -0.05) is 19.9 Å². The summed E-state index contributed by atoms with van der Waals surface area (Å²) >= 11 is 0. The minimum atomic E-state index is -0.304. The SMILES string of the molecule is C=C(C)C(=O)OC1CCOC1CCC. The van der Waals surface area contributed by atoms with Gasteiger partial charge < -0.3 is 9.47 Å². The van der Waals surface area contributed by atoms with Gasteiger partial charge in [0.25, 0.3) is 0 Å². The Hall–Kier alpha value is -0.830. The monoisotopic (exact) mass is 198 g/mol. The fourth-order valence-corrected chi connectivity index (χ4v) is 1.56. The first-order chi connectivity index (χ1) is 6.65.